The van der Waals surface area contributed by atoms with E-state index >= 15 is 0 Å². The van der Waals surface area contributed by atoms with E-state index in [-0.39, 0.29) is 48.4 Å². The van der Waals surface area contributed by atoms with Crippen molar-refractivity contribution in [1.29, 1.82) is 0 Å². The van der Waals surface area contributed by atoms with Gasteiger partial charge in [-0.25, -0.2) is 14.8 Å². The SMILES string of the molecule is CC.CCOC(=O)N1C2=CC=C(OC)NC2CCC1C.FC(F)(F)c1cc(CNc2ncc(OC3CCCSC3)cn2)cc(C(F)(F)F)c1. The van der Waals surface area contributed by atoms with Gasteiger partial charge in [0.05, 0.1) is 43.3 Å². The highest BCUT2D eigenvalue weighted by Crippen LogP contribution is 2.36. The third-order valence-electron chi connectivity index (χ3n) is 7.50. The molecule has 0 aliphatic carbocycles. The summed E-state index contributed by atoms with van der Waals surface area (Å²) in [7, 11) is 1.63. The predicted octanol–water partition coefficient (Wildman–Crippen LogP) is 8.40. The largest absolute Gasteiger partial charge is 0.486 e. The first-order valence-electron chi connectivity index (χ1n) is 16.1. The van der Waals surface area contributed by atoms with Crippen molar-refractivity contribution in [2.24, 2.45) is 0 Å². The molecule has 3 aliphatic heterocycles. The second kappa shape index (κ2) is 18.3. The zero-order valence-electron chi connectivity index (χ0n) is 28.1. The number of likely N-dealkylation sites (tertiary alicyclic amines) is 1. The number of ether oxygens (including phenoxy) is 3. The first-order valence-corrected chi connectivity index (χ1v) is 17.2. The van der Waals surface area contributed by atoms with Gasteiger partial charge in [-0.2, -0.15) is 38.1 Å². The molecule has 5 rings (SSSR count). The molecule has 3 unspecified atom stereocenters. The van der Waals surface area contributed by atoms with Gasteiger partial charge in [-0.3, -0.25) is 4.90 Å². The van der Waals surface area contributed by atoms with Crippen LogP contribution in [0.5, 0.6) is 5.75 Å². The van der Waals surface area contributed by atoms with Gasteiger partial charge < -0.3 is 24.8 Å². The summed E-state index contributed by atoms with van der Waals surface area (Å²) >= 11 is 1.80. The second-order valence-corrected chi connectivity index (χ2v) is 12.1. The van der Waals surface area contributed by atoms with Crippen LogP contribution in [0.15, 0.2) is 54.3 Å². The van der Waals surface area contributed by atoms with Crippen molar-refractivity contribution in [1.82, 2.24) is 20.2 Å². The smallest absolute Gasteiger partial charge is 0.416 e. The minimum Gasteiger partial charge on any atom is -0.486 e. The van der Waals surface area contributed by atoms with E-state index in [1.807, 2.05) is 39.8 Å². The Bertz CT molecular complexity index is 1380. The van der Waals surface area contributed by atoms with Crippen molar-refractivity contribution in [2.45, 2.75) is 90.5 Å². The van der Waals surface area contributed by atoms with Crippen LogP contribution < -0.4 is 15.4 Å². The number of methoxy groups -OCH3 is 1. The standard InChI is InChI=1S/C18H17F6N3OS.C13H20N2O3.C2H6/c19-17(20,21)12-4-11(5-13(6-12)18(22,23)24)7-25-16-26-8-15(9-27-16)28-14-2-1-3-29-10-14;1-4-18-13(16)15-9(2)5-6-10-11(15)7-8-12(14-10)17-3;1-2/h4-6,8-9,14H,1-3,7,10H2,(H,25,26,27);7-10,14H,4-6H2,1-3H3;1-2H3. The first kappa shape index (κ1) is 39.6. The number of fused-ring (bicyclic) bond motifs is 1. The molecule has 16 heteroatoms. The third kappa shape index (κ3) is 11.6. The topological polar surface area (TPSA) is 97.8 Å². The molecule has 3 atom stereocenters. The molecule has 0 saturated carbocycles. The number of allylic oxidation sites excluding steroid dienone is 2. The van der Waals surface area contributed by atoms with Gasteiger partial charge in [0.1, 0.15) is 6.10 Å². The molecule has 4 heterocycles. The van der Waals surface area contributed by atoms with Gasteiger partial charge in [-0.05, 0) is 81.2 Å². The maximum atomic E-state index is 12.9. The molecule has 1 aromatic heterocycles. The Balaban J connectivity index is 0.000000278. The zero-order valence-corrected chi connectivity index (χ0v) is 28.9. The van der Waals surface area contributed by atoms with Crippen molar-refractivity contribution in [2.75, 3.05) is 30.5 Å². The molecule has 2 N–H and O–H groups in total. The Kier molecular flexibility index (Phi) is 14.8. The van der Waals surface area contributed by atoms with Crippen LogP contribution in [0.1, 0.15) is 70.1 Å². The molecule has 0 bridgehead atoms. The van der Waals surface area contributed by atoms with Crippen LogP contribution in [0.2, 0.25) is 0 Å². The predicted molar refractivity (Wildman–Crippen MR) is 176 cm³/mol. The number of hydrogen-bond donors (Lipinski definition) is 2. The van der Waals surface area contributed by atoms with Gasteiger partial charge in [-0.15, -0.1) is 0 Å². The maximum Gasteiger partial charge on any atom is 0.416 e. The first-order chi connectivity index (χ1) is 23.3. The molecular weight excluding hydrogens is 676 g/mol. The van der Waals surface area contributed by atoms with Crippen LogP contribution >= 0.6 is 11.8 Å². The number of alkyl halides is 6. The quantitative estimate of drug-likeness (QED) is 0.274. The summed E-state index contributed by atoms with van der Waals surface area (Å²) in [5, 5.41) is 5.91. The van der Waals surface area contributed by atoms with Gasteiger partial charge in [0, 0.05) is 24.0 Å². The summed E-state index contributed by atoms with van der Waals surface area (Å²) in [5.74, 6) is 3.24. The molecule has 2 saturated heterocycles. The number of hydrogen-bond acceptors (Lipinski definition) is 9. The molecular formula is C33H43F6N5O4S. The summed E-state index contributed by atoms with van der Waals surface area (Å²) in [6.07, 6.45) is 0.586. The zero-order chi connectivity index (χ0) is 36.2. The van der Waals surface area contributed by atoms with Crippen molar-refractivity contribution in [3.63, 3.8) is 0 Å². The van der Waals surface area contributed by atoms with Gasteiger partial charge in [-0.1, -0.05) is 13.8 Å². The lowest BCUT2D eigenvalue weighted by atomic mass is 9.94. The van der Waals surface area contributed by atoms with E-state index < -0.39 is 23.5 Å². The number of carbonyl (C=O) groups is 1. The number of nitrogens with zero attached hydrogens (tertiary/aromatic N) is 3. The number of nitrogens with one attached hydrogen (secondary N) is 2. The van der Waals surface area contributed by atoms with Crippen LogP contribution in [0.25, 0.3) is 0 Å². The van der Waals surface area contributed by atoms with E-state index in [2.05, 4.69) is 20.6 Å². The summed E-state index contributed by atoms with van der Waals surface area (Å²) < 4.78 is 93.5. The lowest BCUT2D eigenvalue weighted by Crippen LogP contribution is -2.51. The maximum absolute atomic E-state index is 12.9. The minimum atomic E-state index is -4.89. The van der Waals surface area contributed by atoms with Crippen molar-refractivity contribution >= 4 is 23.8 Å². The molecule has 2 fully saturated rings. The van der Waals surface area contributed by atoms with Crippen LogP contribution in [-0.4, -0.2) is 64.4 Å². The third-order valence-corrected chi connectivity index (χ3v) is 8.69. The summed E-state index contributed by atoms with van der Waals surface area (Å²) in [5.41, 5.74) is -1.94. The molecule has 1 amide bonds. The Morgan fingerprint density at radius 2 is 1.67 bits per heavy atom. The van der Waals surface area contributed by atoms with Crippen LogP contribution in [0.3, 0.4) is 0 Å². The van der Waals surface area contributed by atoms with E-state index in [4.69, 9.17) is 14.2 Å². The molecule has 0 radical (unpaired) electrons. The van der Waals surface area contributed by atoms with Crippen molar-refractivity contribution < 1.29 is 45.3 Å². The molecule has 0 spiro atoms. The van der Waals surface area contributed by atoms with E-state index in [1.54, 1.807) is 23.8 Å². The molecule has 2 aromatic rings. The van der Waals surface area contributed by atoms with Gasteiger partial charge >= 0.3 is 18.4 Å². The van der Waals surface area contributed by atoms with E-state index in [1.165, 1.54) is 12.4 Å². The van der Waals surface area contributed by atoms with Gasteiger partial charge in [0.15, 0.2) is 11.6 Å². The van der Waals surface area contributed by atoms with E-state index in [0.717, 1.165) is 48.8 Å². The highest BCUT2D eigenvalue weighted by molar-refractivity contribution is 7.99. The monoisotopic (exact) mass is 719 g/mol. The normalized spacial score (nSPS) is 20.4. The highest BCUT2D eigenvalue weighted by atomic mass is 32.2. The fraction of sp³-hybridized carbons (Fsp3) is 0.545. The molecule has 272 valence electrons. The second-order valence-electron chi connectivity index (χ2n) is 11.0. The summed E-state index contributed by atoms with van der Waals surface area (Å²) in [6, 6.07) is 1.73. The lowest BCUT2D eigenvalue weighted by Gasteiger charge is -2.41. The Morgan fingerprint density at radius 3 is 2.22 bits per heavy atom. The number of piperidine rings is 1. The van der Waals surface area contributed by atoms with Crippen molar-refractivity contribution in [3.8, 4) is 5.75 Å². The highest BCUT2D eigenvalue weighted by Gasteiger charge is 2.37. The van der Waals surface area contributed by atoms with Gasteiger partial charge in [0.2, 0.25) is 5.95 Å². The Labute approximate surface area is 286 Å². The number of carbonyl (C=O) groups excluding carboxylic acids is 1. The number of benzene rings is 1. The number of dihydropyridines is 1. The van der Waals surface area contributed by atoms with E-state index in [0.29, 0.717) is 24.5 Å². The number of thioether (sulfide) groups is 1. The van der Waals surface area contributed by atoms with Gasteiger partial charge in [0.25, 0.3) is 0 Å². The van der Waals surface area contributed by atoms with Crippen LogP contribution in [0.4, 0.5) is 37.1 Å². The summed E-state index contributed by atoms with van der Waals surface area (Å²) in [4.78, 5) is 21.7. The molecule has 3 aliphatic rings. The van der Waals surface area contributed by atoms with Crippen LogP contribution in [-0.2, 0) is 28.4 Å². The number of anilines is 1. The average Bonchev–Trinajstić information content (AvgIpc) is 3.08. The van der Waals surface area contributed by atoms with Crippen molar-refractivity contribution in [3.05, 3.63) is 71.0 Å². The molecule has 9 nitrogen and oxygen atoms in total. The van der Waals surface area contributed by atoms with Crippen LogP contribution in [0, 0.1) is 0 Å². The molecule has 1 aromatic carbocycles. The lowest BCUT2D eigenvalue weighted by molar-refractivity contribution is -0.143. The number of amides is 1. The average molecular weight is 720 g/mol. The Morgan fingerprint density at radius 1 is 1.02 bits per heavy atom. The minimum absolute atomic E-state index is 0.0707. The fourth-order valence-electron chi connectivity index (χ4n) is 5.20. The number of halogens is 6. The summed E-state index contributed by atoms with van der Waals surface area (Å²) in [6.45, 7) is 7.96. The fourth-order valence-corrected chi connectivity index (χ4v) is 6.24. The molecule has 49 heavy (non-hydrogen) atoms. The number of rotatable bonds is 7. The number of aromatic nitrogens is 2. The Hall–Kier alpha value is -3.82. The van der Waals surface area contributed by atoms with E-state index in [9.17, 15) is 31.1 Å².